The molecule has 1 aromatic rings. The molecule has 0 radical (unpaired) electrons. The van der Waals surface area contributed by atoms with Crippen LogP contribution < -0.4 is 5.32 Å². The molecule has 0 unspecified atom stereocenters. The average molecular weight is 393 g/mol. The van der Waals surface area contributed by atoms with E-state index >= 15 is 0 Å². The first-order valence-corrected chi connectivity index (χ1v) is 7.82. The molecule has 1 saturated heterocycles. The zero-order chi connectivity index (χ0) is 13.1. The number of halogens is 2. The number of carbonyl (C=O) groups is 1. The van der Waals surface area contributed by atoms with Gasteiger partial charge in [0.2, 0.25) is 0 Å². The maximum Gasteiger partial charge on any atom is 0.347 e. The molecule has 7 heteroatoms. The van der Waals surface area contributed by atoms with Gasteiger partial charge in [0.25, 0.3) is 0 Å². The summed E-state index contributed by atoms with van der Waals surface area (Å²) in [6.07, 6.45) is 0. The van der Waals surface area contributed by atoms with Crippen LogP contribution in [0.15, 0.2) is 32.1 Å². The topological polar surface area (TPSA) is 44.7 Å². The molecule has 1 aromatic carbocycles. The summed E-state index contributed by atoms with van der Waals surface area (Å²) in [7, 11) is 1.93. The van der Waals surface area contributed by atoms with Crippen molar-refractivity contribution >= 4 is 60.5 Å². The first-order chi connectivity index (χ1) is 8.58. The molecule has 1 aliphatic rings. The van der Waals surface area contributed by atoms with Gasteiger partial charge < -0.3 is 10.2 Å². The van der Waals surface area contributed by atoms with Crippen molar-refractivity contribution in [3.8, 4) is 0 Å². The lowest BCUT2D eigenvalue weighted by Crippen LogP contribution is -2.20. The van der Waals surface area contributed by atoms with Crippen LogP contribution in [-0.2, 0) is 0 Å². The summed E-state index contributed by atoms with van der Waals surface area (Å²) in [6.45, 7) is 0.926. The SMILES string of the molecule is CN1CCS/C1=N/C(=O)Nc1c(Br)cccc1Br. The van der Waals surface area contributed by atoms with Crippen molar-refractivity contribution in [2.24, 2.45) is 4.99 Å². The second-order valence-electron chi connectivity index (χ2n) is 3.69. The van der Waals surface area contributed by atoms with Crippen LogP contribution in [0.1, 0.15) is 0 Å². The summed E-state index contributed by atoms with van der Waals surface area (Å²) in [5.74, 6) is 0.974. The van der Waals surface area contributed by atoms with E-state index in [0.717, 1.165) is 26.4 Å². The van der Waals surface area contributed by atoms with Gasteiger partial charge in [0.1, 0.15) is 0 Å². The zero-order valence-corrected chi connectivity index (χ0v) is 13.6. The third-order valence-corrected chi connectivity index (χ3v) is 4.75. The van der Waals surface area contributed by atoms with E-state index in [1.165, 1.54) is 0 Å². The van der Waals surface area contributed by atoms with Gasteiger partial charge in [-0.2, -0.15) is 4.99 Å². The Morgan fingerprint density at radius 1 is 1.44 bits per heavy atom. The molecule has 1 fully saturated rings. The number of hydrogen-bond acceptors (Lipinski definition) is 2. The molecule has 0 atom stereocenters. The lowest BCUT2D eigenvalue weighted by molar-refractivity contribution is 0.259. The Morgan fingerprint density at radius 3 is 2.67 bits per heavy atom. The van der Waals surface area contributed by atoms with E-state index in [2.05, 4.69) is 42.2 Å². The standard InChI is InChI=1S/C11H11Br2N3OS/c1-16-5-6-18-11(16)15-10(17)14-9-7(12)3-2-4-8(9)13/h2-4H,5-6H2,1H3,(H,14,17)/b15-11+. The molecule has 18 heavy (non-hydrogen) atoms. The van der Waals surface area contributed by atoms with Crippen LogP contribution >= 0.6 is 43.6 Å². The van der Waals surface area contributed by atoms with Gasteiger partial charge in [-0.05, 0) is 44.0 Å². The number of thioether (sulfide) groups is 1. The van der Waals surface area contributed by atoms with Gasteiger partial charge in [-0.15, -0.1) is 0 Å². The van der Waals surface area contributed by atoms with Crippen molar-refractivity contribution in [1.29, 1.82) is 0 Å². The second kappa shape index (κ2) is 6.08. The number of aliphatic imine (C=N–C) groups is 1. The molecular weight excluding hydrogens is 382 g/mol. The van der Waals surface area contributed by atoms with Gasteiger partial charge in [-0.3, -0.25) is 0 Å². The number of rotatable bonds is 1. The molecule has 1 aliphatic heterocycles. The van der Waals surface area contributed by atoms with Crippen LogP contribution in [-0.4, -0.2) is 35.4 Å². The summed E-state index contributed by atoms with van der Waals surface area (Å²) in [4.78, 5) is 17.9. The average Bonchev–Trinajstić information content (AvgIpc) is 2.70. The first-order valence-electron chi connectivity index (χ1n) is 5.25. The number of amidine groups is 1. The van der Waals surface area contributed by atoms with Gasteiger partial charge in [0, 0.05) is 28.3 Å². The fourth-order valence-electron chi connectivity index (χ4n) is 1.44. The molecule has 2 rings (SSSR count). The van der Waals surface area contributed by atoms with Crippen LogP contribution in [0, 0.1) is 0 Å². The third kappa shape index (κ3) is 3.27. The molecule has 1 heterocycles. The number of para-hydroxylation sites is 1. The fourth-order valence-corrected chi connectivity index (χ4v) is 3.64. The van der Waals surface area contributed by atoms with Gasteiger partial charge in [-0.25, -0.2) is 4.79 Å². The number of amides is 2. The van der Waals surface area contributed by atoms with Crippen LogP contribution in [0.4, 0.5) is 10.5 Å². The van der Waals surface area contributed by atoms with Gasteiger partial charge in [0.05, 0.1) is 5.69 Å². The molecule has 96 valence electrons. The molecule has 4 nitrogen and oxygen atoms in total. The summed E-state index contributed by atoms with van der Waals surface area (Å²) in [5.41, 5.74) is 0.692. The summed E-state index contributed by atoms with van der Waals surface area (Å²) >= 11 is 8.37. The van der Waals surface area contributed by atoms with E-state index in [4.69, 9.17) is 0 Å². The molecular formula is C11H11Br2N3OS. The second-order valence-corrected chi connectivity index (χ2v) is 6.46. The lowest BCUT2D eigenvalue weighted by Gasteiger charge is -2.10. The summed E-state index contributed by atoms with van der Waals surface area (Å²) < 4.78 is 1.63. The van der Waals surface area contributed by atoms with E-state index in [1.54, 1.807) is 11.8 Å². The molecule has 0 saturated carbocycles. The highest BCUT2D eigenvalue weighted by molar-refractivity contribution is 9.11. The van der Waals surface area contributed by atoms with Crippen molar-refractivity contribution in [3.05, 3.63) is 27.1 Å². The van der Waals surface area contributed by atoms with E-state index in [-0.39, 0.29) is 6.03 Å². The number of nitrogens with one attached hydrogen (secondary N) is 1. The maximum absolute atomic E-state index is 11.8. The lowest BCUT2D eigenvalue weighted by atomic mass is 10.3. The van der Waals surface area contributed by atoms with Crippen molar-refractivity contribution in [3.63, 3.8) is 0 Å². The number of carbonyl (C=O) groups excluding carboxylic acids is 1. The normalized spacial score (nSPS) is 17.3. The quantitative estimate of drug-likeness (QED) is 0.790. The van der Waals surface area contributed by atoms with Crippen molar-refractivity contribution in [2.45, 2.75) is 0 Å². The molecule has 1 N–H and O–H groups in total. The molecule has 2 amide bonds. The van der Waals surface area contributed by atoms with E-state index < -0.39 is 0 Å². The summed E-state index contributed by atoms with van der Waals surface area (Å²) in [5, 5.41) is 3.53. The molecule has 0 aromatic heterocycles. The Labute approximate surface area is 126 Å². The highest BCUT2D eigenvalue weighted by Gasteiger charge is 2.17. The molecule has 0 aliphatic carbocycles. The smallest absolute Gasteiger partial charge is 0.347 e. The Hall–Kier alpha value is -0.530. The number of hydrogen-bond donors (Lipinski definition) is 1. The Bertz CT molecular complexity index is 487. The van der Waals surface area contributed by atoms with Crippen LogP contribution in [0.2, 0.25) is 0 Å². The fraction of sp³-hybridized carbons (Fsp3) is 0.273. The largest absolute Gasteiger partial charge is 0.353 e. The third-order valence-electron chi connectivity index (χ3n) is 2.38. The predicted molar refractivity (Wildman–Crippen MR) is 83.4 cm³/mol. The monoisotopic (exact) mass is 391 g/mol. The van der Waals surface area contributed by atoms with E-state index in [1.807, 2.05) is 30.1 Å². The Morgan fingerprint density at radius 2 is 2.11 bits per heavy atom. The zero-order valence-electron chi connectivity index (χ0n) is 9.61. The minimum atomic E-state index is -0.362. The van der Waals surface area contributed by atoms with Gasteiger partial charge in [0.15, 0.2) is 5.17 Å². The van der Waals surface area contributed by atoms with Crippen LogP contribution in [0.3, 0.4) is 0 Å². The Kier molecular flexibility index (Phi) is 4.69. The highest BCUT2D eigenvalue weighted by atomic mass is 79.9. The summed E-state index contributed by atoms with van der Waals surface area (Å²) in [6, 6.07) is 5.25. The number of anilines is 1. The van der Waals surface area contributed by atoms with Gasteiger partial charge in [-0.1, -0.05) is 17.8 Å². The predicted octanol–water partition coefficient (Wildman–Crippen LogP) is 3.78. The van der Waals surface area contributed by atoms with Crippen molar-refractivity contribution in [1.82, 2.24) is 4.90 Å². The van der Waals surface area contributed by atoms with Gasteiger partial charge >= 0.3 is 6.03 Å². The van der Waals surface area contributed by atoms with E-state index in [0.29, 0.717) is 5.69 Å². The number of benzene rings is 1. The molecule has 0 bridgehead atoms. The van der Waals surface area contributed by atoms with Crippen molar-refractivity contribution < 1.29 is 4.79 Å². The highest BCUT2D eigenvalue weighted by Crippen LogP contribution is 2.30. The first kappa shape index (κ1) is 13.9. The maximum atomic E-state index is 11.8. The van der Waals surface area contributed by atoms with Crippen LogP contribution in [0.5, 0.6) is 0 Å². The number of urea groups is 1. The molecule has 0 spiro atoms. The van der Waals surface area contributed by atoms with Crippen molar-refractivity contribution in [2.75, 3.05) is 24.7 Å². The number of nitrogens with zero attached hydrogens (tertiary/aromatic N) is 2. The minimum absolute atomic E-state index is 0.362. The minimum Gasteiger partial charge on any atom is -0.353 e. The Balaban J connectivity index is 2.12. The van der Waals surface area contributed by atoms with E-state index in [9.17, 15) is 4.79 Å². The van der Waals surface area contributed by atoms with Crippen LogP contribution in [0.25, 0.3) is 0 Å².